The number of nitrogens with zero attached hydrogens (tertiary/aromatic N) is 1. The van der Waals surface area contributed by atoms with Gasteiger partial charge in [0.2, 0.25) is 0 Å². The second kappa shape index (κ2) is 4.77. The van der Waals surface area contributed by atoms with Crippen molar-refractivity contribution in [3.05, 3.63) is 0 Å². The summed E-state index contributed by atoms with van der Waals surface area (Å²) in [5.41, 5.74) is 5.18. The largest absolute Gasteiger partial charge is 0.460 e. The molecular weight excluding hydrogens is 132 g/mol. The summed E-state index contributed by atoms with van der Waals surface area (Å²) in [6.45, 7) is 1.49. The minimum atomic E-state index is -0.442. The number of nitrogens with two attached hydrogens (primary N) is 1. The quantitative estimate of drug-likeness (QED) is 0.553. The first kappa shape index (κ1) is 8.92. The van der Waals surface area contributed by atoms with E-state index in [1.807, 2.05) is 6.07 Å². The number of nitriles is 1. The maximum atomic E-state index is 10.3. The van der Waals surface area contributed by atoms with Crippen LogP contribution >= 0.6 is 0 Å². The molecule has 0 heterocycles. The zero-order chi connectivity index (χ0) is 7.98. The summed E-state index contributed by atoms with van der Waals surface area (Å²) in [6, 6.07) is 1.87. The van der Waals surface area contributed by atoms with Crippen LogP contribution in [-0.4, -0.2) is 18.6 Å². The highest BCUT2D eigenvalue weighted by Crippen LogP contribution is 1.94. The lowest BCUT2D eigenvalue weighted by Crippen LogP contribution is -2.25. The average Bonchev–Trinajstić information content (AvgIpc) is 1.86. The molecule has 0 radical (unpaired) electrons. The van der Waals surface area contributed by atoms with Crippen LogP contribution in [0.2, 0.25) is 0 Å². The Bertz CT molecular complexity index is 150. The second-order valence-corrected chi connectivity index (χ2v) is 1.83. The predicted molar refractivity (Wildman–Crippen MR) is 34.8 cm³/mol. The highest BCUT2D eigenvalue weighted by atomic mass is 16.5. The van der Waals surface area contributed by atoms with E-state index in [0.29, 0.717) is 0 Å². The van der Waals surface area contributed by atoms with Crippen LogP contribution < -0.4 is 5.73 Å². The summed E-state index contributed by atoms with van der Waals surface area (Å²) in [7, 11) is 0. The maximum absolute atomic E-state index is 10.3. The fourth-order valence-corrected chi connectivity index (χ4v) is 0.510. The highest BCUT2D eigenvalue weighted by molar-refractivity contribution is 5.66. The first-order chi connectivity index (χ1) is 4.70. The Balaban J connectivity index is 3.62. The zero-order valence-corrected chi connectivity index (χ0v) is 5.83. The molecule has 0 saturated heterocycles. The Morgan fingerprint density at radius 1 is 1.90 bits per heavy atom. The van der Waals surface area contributed by atoms with Crippen molar-refractivity contribution in [2.24, 2.45) is 5.73 Å². The van der Waals surface area contributed by atoms with E-state index in [9.17, 15) is 4.79 Å². The highest BCUT2D eigenvalue weighted by Gasteiger charge is 2.07. The van der Waals surface area contributed by atoms with Crippen LogP contribution in [0.4, 0.5) is 0 Å². The van der Waals surface area contributed by atoms with E-state index in [4.69, 9.17) is 11.0 Å². The van der Waals surface area contributed by atoms with E-state index in [1.54, 1.807) is 0 Å². The molecule has 4 heteroatoms. The molecule has 4 nitrogen and oxygen atoms in total. The van der Waals surface area contributed by atoms with Crippen molar-refractivity contribution < 1.29 is 9.53 Å². The van der Waals surface area contributed by atoms with Gasteiger partial charge in [-0.25, -0.2) is 0 Å². The van der Waals surface area contributed by atoms with Crippen LogP contribution in [0.15, 0.2) is 0 Å². The fraction of sp³-hybridized carbons (Fsp3) is 0.667. The first-order valence-corrected chi connectivity index (χ1v) is 2.95. The van der Waals surface area contributed by atoms with Gasteiger partial charge in [0.05, 0.1) is 12.5 Å². The predicted octanol–water partition coefficient (Wildman–Crippen LogP) is -0.210. The molecular formula is C6H10N2O2. The Hall–Kier alpha value is -1.08. The lowest BCUT2D eigenvalue weighted by Gasteiger charge is -2.09. The number of ether oxygens (including phenoxy) is 1. The molecule has 10 heavy (non-hydrogen) atoms. The number of esters is 1. The number of hydrogen-bond acceptors (Lipinski definition) is 4. The van der Waals surface area contributed by atoms with Crippen LogP contribution in [0.5, 0.6) is 0 Å². The smallest absolute Gasteiger partial charge is 0.302 e. The first-order valence-electron chi connectivity index (χ1n) is 2.95. The van der Waals surface area contributed by atoms with Crippen molar-refractivity contribution in [2.45, 2.75) is 19.4 Å². The number of carbonyl (C=O) groups is 1. The molecule has 0 aliphatic rings. The molecule has 56 valence electrons. The van der Waals surface area contributed by atoms with Crippen LogP contribution in [0, 0.1) is 11.3 Å². The normalized spacial score (nSPS) is 11.7. The van der Waals surface area contributed by atoms with Gasteiger partial charge in [-0.05, 0) is 0 Å². The SMILES string of the molecule is CC(=O)OC(CN)CC#N. The van der Waals surface area contributed by atoms with Crippen LogP contribution in [0.1, 0.15) is 13.3 Å². The van der Waals surface area contributed by atoms with E-state index in [2.05, 4.69) is 4.74 Å². The number of carbonyl (C=O) groups excluding carboxylic acids is 1. The van der Waals surface area contributed by atoms with E-state index in [0.717, 1.165) is 0 Å². The summed E-state index contributed by atoms with van der Waals surface area (Å²) in [5.74, 6) is -0.397. The van der Waals surface area contributed by atoms with E-state index >= 15 is 0 Å². The monoisotopic (exact) mass is 142 g/mol. The van der Waals surface area contributed by atoms with Gasteiger partial charge < -0.3 is 10.5 Å². The number of hydrogen-bond donors (Lipinski definition) is 1. The molecule has 0 fully saturated rings. The third kappa shape index (κ3) is 3.87. The summed E-state index contributed by atoms with van der Waals surface area (Å²) >= 11 is 0. The van der Waals surface area contributed by atoms with Gasteiger partial charge in [-0.2, -0.15) is 5.26 Å². The van der Waals surface area contributed by atoms with Gasteiger partial charge in [0.15, 0.2) is 0 Å². The minimum absolute atomic E-state index is 0.163. The van der Waals surface area contributed by atoms with Crippen LogP contribution in [0.25, 0.3) is 0 Å². The van der Waals surface area contributed by atoms with Gasteiger partial charge in [0, 0.05) is 13.5 Å². The van der Waals surface area contributed by atoms with Crippen molar-refractivity contribution in [2.75, 3.05) is 6.54 Å². The van der Waals surface area contributed by atoms with E-state index in [1.165, 1.54) is 6.92 Å². The van der Waals surface area contributed by atoms with Crippen molar-refractivity contribution in [3.8, 4) is 6.07 Å². The van der Waals surface area contributed by atoms with Crippen LogP contribution in [-0.2, 0) is 9.53 Å². The van der Waals surface area contributed by atoms with Crippen molar-refractivity contribution in [3.63, 3.8) is 0 Å². The molecule has 1 unspecified atom stereocenters. The van der Waals surface area contributed by atoms with Crippen molar-refractivity contribution in [1.29, 1.82) is 5.26 Å². The second-order valence-electron chi connectivity index (χ2n) is 1.83. The minimum Gasteiger partial charge on any atom is -0.460 e. The van der Waals surface area contributed by atoms with Gasteiger partial charge >= 0.3 is 5.97 Å². The van der Waals surface area contributed by atoms with E-state index < -0.39 is 12.1 Å². The van der Waals surface area contributed by atoms with Gasteiger partial charge in [-0.15, -0.1) is 0 Å². The molecule has 0 bridgehead atoms. The maximum Gasteiger partial charge on any atom is 0.302 e. The van der Waals surface area contributed by atoms with Crippen molar-refractivity contribution >= 4 is 5.97 Å². The topological polar surface area (TPSA) is 76.1 Å². The summed E-state index contributed by atoms with van der Waals surface area (Å²) in [6.07, 6.45) is -0.279. The molecule has 2 N–H and O–H groups in total. The third-order valence-electron chi connectivity index (χ3n) is 0.914. The molecule has 0 amide bonds. The molecule has 0 aliphatic carbocycles. The molecule has 0 aromatic rings. The molecule has 0 aromatic carbocycles. The molecule has 0 rings (SSSR count). The van der Waals surface area contributed by atoms with Gasteiger partial charge in [0.25, 0.3) is 0 Å². The zero-order valence-electron chi connectivity index (χ0n) is 5.83. The number of rotatable bonds is 3. The lowest BCUT2D eigenvalue weighted by atomic mass is 10.3. The average molecular weight is 142 g/mol. The van der Waals surface area contributed by atoms with Crippen molar-refractivity contribution in [1.82, 2.24) is 0 Å². The van der Waals surface area contributed by atoms with Gasteiger partial charge in [-0.3, -0.25) is 4.79 Å². The summed E-state index contributed by atoms with van der Waals surface area (Å²) in [4.78, 5) is 10.3. The lowest BCUT2D eigenvalue weighted by molar-refractivity contribution is -0.145. The Kier molecular flexibility index (Phi) is 4.25. The third-order valence-corrected chi connectivity index (χ3v) is 0.914. The van der Waals surface area contributed by atoms with Gasteiger partial charge in [0.1, 0.15) is 6.10 Å². The molecule has 0 aromatic heterocycles. The fourth-order valence-electron chi connectivity index (χ4n) is 0.510. The standard InChI is InChI=1S/C6H10N2O2/c1-5(9)10-6(4-8)2-3-7/h6H,2,4,8H2,1H3. The molecule has 0 spiro atoms. The molecule has 0 aliphatic heterocycles. The Morgan fingerprint density at radius 2 is 2.50 bits per heavy atom. The van der Waals surface area contributed by atoms with E-state index in [-0.39, 0.29) is 13.0 Å². The molecule has 0 saturated carbocycles. The summed E-state index contributed by atoms with van der Waals surface area (Å²) < 4.78 is 4.65. The van der Waals surface area contributed by atoms with Gasteiger partial charge in [-0.1, -0.05) is 0 Å². The molecule has 1 atom stereocenters. The Labute approximate surface area is 59.6 Å². The van der Waals surface area contributed by atoms with Crippen LogP contribution in [0.3, 0.4) is 0 Å². The Morgan fingerprint density at radius 3 is 2.80 bits per heavy atom. The summed E-state index contributed by atoms with van der Waals surface area (Å²) in [5, 5.41) is 8.18.